The van der Waals surface area contributed by atoms with E-state index >= 15 is 0 Å². The van der Waals surface area contributed by atoms with Crippen molar-refractivity contribution in [1.29, 1.82) is 0 Å². The molecule has 5 heteroatoms. The fourth-order valence-electron chi connectivity index (χ4n) is 2.89. The van der Waals surface area contributed by atoms with Crippen LogP contribution in [0.3, 0.4) is 0 Å². The first-order valence-corrected chi connectivity index (χ1v) is 8.29. The van der Waals surface area contributed by atoms with Crippen LogP contribution >= 0.6 is 0 Å². The topological polar surface area (TPSA) is 63.5 Å². The lowest BCUT2D eigenvalue weighted by atomic mass is 10.0. The minimum Gasteiger partial charge on any atom is -0.497 e. The van der Waals surface area contributed by atoms with Crippen molar-refractivity contribution in [2.75, 3.05) is 20.7 Å². The quantitative estimate of drug-likeness (QED) is 0.723. The number of hydrogen-bond acceptors (Lipinski definition) is 3. The predicted molar refractivity (Wildman–Crippen MR) is 98.2 cm³/mol. The summed E-state index contributed by atoms with van der Waals surface area (Å²) in [6, 6.07) is 15.8. The number of amides is 2. The van der Waals surface area contributed by atoms with Crippen molar-refractivity contribution in [3.05, 3.63) is 65.4 Å². The van der Waals surface area contributed by atoms with Crippen molar-refractivity contribution in [2.45, 2.75) is 12.8 Å². The number of fused-ring (bicyclic) bond motifs is 1. The van der Waals surface area contributed by atoms with E-state index in [2.05, 4.69) is 22.8 Å². The number of furan rings is 1. The van der Waals surface area contributed by atoms with E-state index in [0.29, 0.717) is 19.4 Å². The highest BCUT2D eigenvalue weighted by molar-refractivity contribution is 5.84. The van der Waals surface area contributed by atoms with Crippen LogP contribution < -0.4 is 15.4 Å². The van der Waals surface area contributed by atoms with Gasteiger partial charge in [-0.15, -0.1) is 0 Å². The smallest absolute Gasteiger partial charge is 0.314 e. The molecule has 3 aromatic rings. The monoisotopic (exact) mass is 338 g/mol. The van der Waals surface area contributed by atoms with E-state index in [4.69, 9.17) is 9.15 Å². The van der Waals surface area contributed by atoms with Crippen LogP contribution in [0.4, 0.5) is 4.79 Å². The van der Waals surface area contributed by atoms with Crippen LogP contribution in [-0.4, -0.2) is 26.7 Å². The zero-order chi connectivity index (χ0) is 17.6. The Bertz CT molecular complexity index is 856. The third kappa shape index (κ3) is 3.94. The van der Waals surface area contributed by atoms with E-state index in [1.54, 1.807) is 14.2 Å². The summed E-state index contributed by atoms with van der Waals surface area (Å²) in [5.74, 6) is 1.72. The normalized spacial score (nSPS) is 10.6. The average Bonchev–Trinajstić information content (AvgIpc) is 2.98. The summed E-state index contributed by atoms with van der Waals surface area (Å²) < 4.78 is 11.4. The number of nitrogens with one attached hydrogen (secondary N) is 2. The van der Waals surface area contributed by atoms with Crippen LogP contribution in [0, 0.1) is 0 Å². The Labute approximate surface area is 147 Å². The Hall–Kier alpha value is -2.95. The number of urea groups is 1. The summed E-state index contributed by atoms with van der Waals surface area (Å²) in [7, 11) is 3.26. The van der Waals surface area contributed by atoms with Gasteiger partial charge in [-0.25, -0.2) is 4.79 Å². The van der Waals surface area contributed by atoms with Gasteiger partial charge < -0.3 is 19.8 Å². The molecular weight excluding hydrogens is 316 g/mol. The number of benzene rings is 2. The molecule has 3 rings (SSSR count). The standard InChI is InChI=1S/C20H22N2O3/c1-21-20(23)22-11-10-16-17-13-15(24-2)8-9-18(17)25-19(16)12-14-6-4-3-5-7-14/h3-9,13H,10-12H2,1-2H3,(H2,21,22,23). The molecule has 2 aromatic carbocycles. The molecule has 0 bridgehead atoms. The first-order valence-electron chi connectivity index (χ1n) is 8.29. The number of rotatable bonds is 6. The molecule has 1 aromatic heterocycles. The highest BCUT2D eigenvalue weighted by atomic mass is 16.5. The number of ether oxygens (including phenoxy) is 1. The molecule has 25 heavy (non-hydrogen) atoms. The van der Waals surface area contributed by atoms with Gasteiger partial charge in [0.25, 0.3) is 0 Å². The molecule has 2 amide bonds. The van der Waals surface area contributed by atoms with Gasteiger partial charge >= 0.3 is 6.03 Å². The first kappa shape index (κ1) is 16.9. The lowest BCUT2D eigenvalue weighted by Crippen LogP contribution is -2.34. The Morgan fingerprint density at radius 1 is 1.16 bits per heavy atom. The summed E-state index contributed by atoms with van der Waals surface area (Å²) >= 11 is 0. The Balaban J connectivity index is 1.93. The van der Waals surface area contributed by atoms with Crippen molar-refractivity contribution in [2.24, 2.45) is 0 Å². The van der Waals surface area contributed by atoms with Crippen LogP contribution in [0.25, 0.3) is 11.0 Å². The molecule has 0 unspecified atom stereocenters. The molecule has 0 aliphatic rings. The van der Waals surface area contributed by atoms with Crippen molar-refractivity contribution in [3.8, 4) is 5.75 Å². The van der Waals surface area contributed by atoms with Gasteiger partial charge in [-0.3, -0.25) is 0 Å². The molecule has 0 atom stereocenters. The number of carbonyl (C=O) groups is 1. The maximum Gasteiger partial charge on any atom is 0.314 e. The lowest BCUT2D eigenvalue weighted by molar-refractivity contribution is 0.243. The second kappa shape index (κ2) is 7.75. The van der Waals surface area contributed by atoms with E-state index in [-0.39, 0.29) is 6.03 Å². The minimum atomic E-state index is -0.185. The molecule has 0 saturated carbocycles. The third-order valence-corrected chi connectivity index (χ3v) is 4.18. The molecule has 130 valence electrons. The SMILES string of the molecule is CNC(=O)NCCc1c(Cc2ccccc2)oc2ccc(OC)cc12. The van der Waals surface area contributed by atoms with Gasteiger partial charge in [-0.05, 0) is 30.2 Å². The number of carbonyl (C=O) groups excluding carboxylic acids is 1. The molecule has 0 radical (unpaired) electrons. The molecule has 2 N–H and O–H groups in total. The van der Waals surface area contributed by atoms with E-state index in [1.165, 1.54) is 5.56 Å². The number of hydrogen-bond donors (Lipinski definition) is 2. The van der Waals surface area contributed by atoms with Crippen LogP contribution in [0.1, 0.15) is 16.9 Å². The molecule has 0 saturated heterocycles. The predicted octanol–water partition coefficient (Wildman–Crippen LogP) is 3.50. The van der Waals surface area contributed by atoms with Crippen molar-refractivity contribution < 1.29 is 13.9 Å². The van der Waals surface area contributed by atoms with Gasteiger partial charge in [0, 0.05) is 31.0 Å². The zero-order valence-corrected chi connectivity index (χ0v) is 14.5. The highest BCUT2D eigenvalue weighted by Crippen LogP contribution is 2.31. The molecule has 0 spiro atoms. The molecule has 0 aliphatic heterocycles. The fraction of sp³-hybridized carbons (Fsp3) is 0.250. The lowest BCUT2D eigenvalue weighted by Gasteiger charge is -2.06. The second-order valence-corrected chi connectivity index (χ2v) is 5.78. The van der Waals surface area contributed by atoms with Crippen molar-refractivity contribution >= 4 is 17.0 Å². The van der Waals surface area contributed by atoms with E-state index in [9.17, 15) is 4.79 Å². The summed E-state index contributed by atoms with van der Waals surface area (Å²) in [4.78, 5) is 11.4. The van der Waals surface area contributed by atoms with Crippen LogP contribution in [0.5, 0.6) is 5.75 Å². The maximum atomic E-state index is 11.4. The van der Waals surface area contributed by atoms with Crippen LogP contribution in [0.15, 0.2) is 52.9 Å². The molecule has 1 heterocycles. The summed E-state index contributed by atoms with van der Waals surface area (Å²) in [5.41, 5.74) is 3.13. The molecular formula is C20H22N2O3. The van der Waals surface area contributed by atoms with E-state index < -0.39 is 0 Å². The first-order chi connectivity index (χ1) is 12.2. The van der Waals surface area contributed by atoms with Crippen LogP contribution in [0.2, 0.25) is 0 Å². The van der Waals surface area contributed by atoms with Gasteiger partial charge in [-0.1, -0.05) is 30.3 Å². The molecule has 0 fully saturated rings. The summed E-state index contributed by atoms with van der Waals surface area (Å²) in [5, 5.41) is 6.42. The van der Waals surface area contributed by atoms with E-state index in [1.807, 2.05) is 36.4 Å². The molecule has 0 aliphatic carbocycles. The van der Waals surface area contributed by atoms with Gasteiger partial charge in [-0.2, -0.15) is 0 Å². The Morgan fingerprint density at radius 2 is 1.96 bits per heavy atom. The number of methoxy groups -OCH3 is 1. The van der Waals surface area contributed by atoms with Gasteiger partial charge in [0.15, 0.2) is 0 Å². The minimum absolute atomic E-state index is 0.185. The van der Waals surface area contributed by atoms with Crippen molar-refractivity contribution in [3.63, 3.8) is 0 Å². The highest BCUT2D eigenvalue weighted by Gasteiger charge is 2.15. The van der Waals surface area contributed by atoms with Gasteiger partial charge in [0.1, 0.15) is 17.1 Å². The van der Waals surface area contributed by atoms with Gasteiger partial charge in [0.2, 0.25) is 0 Å². The summed E-state index contributed by atoms with van der Waals surface area (Å²) in [6.45, 7) is 0.535. The van der Waals surface area contributed by atoms with Gasteiger partial charge in [0.05, 0.1) is 7.11 Å². The Morgan fingerprint density at radius 3 is 2.68 bits per heavy atom. The molecule has 5 nitrogen and oxygen atoms in total. The second-order valence-electron chi connectivity index (χ2n) is 5.78. The summed E-state index contributed by atoms with van der Waals surface area (Å²) in [6.07, 6.45) is 1.41. The fourth-order valence-corrected chi connectivity index (χ4v) is 2.89. The largest absolute Gasteiger partial charge is 0.497 e. The maximum absolute atomic E-state index is 11.4. The average molecular weight is 338 g/mol. The van der Waals surface area contributed by atoms with E-state index in [0.717, 1.165) is 28.0 Å². The Kier molecular flexibility index (Phi) is 5.23. The van der Waals surface area contributed by atoms with Crippen molar-refractivity contribution in [1.82, 2.24) is 10.6 Å². The van der Waals surface area contributed by atoms with Crippen LogP contribution in [-0.2, 0) is 12.8 Å². The third-order valence-electron chi connectivity index (χ3n) is 4.18. The zero-order valence-electron chi connectivity index (χ0n) is 14.5.